The van der Waals surface area contributed by atoms with Gasteiger partial charge in [-0.3, -0.25) is 0 Å². The van der Waals surface area contributed by atoms with E-state index in [0.717, 1.165) is 22.0 Å². The lowest BCUT2D eigenvalue weighted by Crippen LogP contribution is -2.15. The Morgan fingerprint density at radius 1 is 1.05 bits per heavy atom. The number of hydrogen-bond donors (Lipinski definition) is 0. The Labute approximate surface area is 145 Å². The average molecular weight is 386 g/mol. The minimum Gasteiger partial charge on any atom is -0.0843 e. The Balaban J connectivity index is 2.43. The van der Waals surface area contributed by atoms with Crippen molar-refractivity contribution in [2.75, 3.05) is 0 Å². The Kier molecular flexibility index (Phi) is 6.16. The molecule has 0 nitrogen and oxygen atoms in total. The minimum atomic E-state index is 0.140. The van der Waals surface area contributed by atoms with Gasteiger partial charge in [-0.25, -0.2) is 0 Å². The normalized spacial score (nSPS) is 15.5. The largest absolute Gasteiger partial charge is 0.0843 e. The molecule has 3 heteroatoms. The lowest BCUT2D eigenvalue weighted by atomic mass is 9.81. The summed E-state index contributed by atoms with van der Waals surface area (Å²) < 4.78 is 0. The van der Waals surface area contributed by atoms with Crippen LogP contribution in [0.1, 0.15) is 42.1 Å². The van der Waals surface area contributed by atoms with Crippen molar-refractivity contribution in [1.29, 1.82) is 0 Å². The van der Waals surface area contributed by atoms with Crippen molar-refractivity contribution in [2.24, 2.45) is 5.92 Å². The Morgan fingerprint density at radius 2 is 1.71 bits per heavy atom. The maximum absolute atomic E-state index is 6.38. The lowest BCUT2D eigenvalue weighted by molar-refractivity contribution is 0.440. The standard InChI is InChI=1S/C18H19BrCl2/c1-3-12(2)17(13-7-5-4-6-8-13)18(19)15-11-14(20)9-10-16(15)21/h4-12,17-18H,3H2,1-2H3. The Hall–Kier alpha value is -0.500. The van der Waals surface area contributed by atoms with Crippen molar-refractivity contribution in [1.82, 2.24) is 0 Å². The van der Waals surface area contributed by atoms with Gasteiger partial charge in [0.15, 0.2) is 0 Å². The second-order valence-corrected chi connectivity index (χ2v) is 7.22. The van der Waals surface area contributed by atoms with Crippen molar-refractivity contribution < 1.29 is 0 Å². The molecule has 0 N–H and O–H groups in total. The maximum atomic E-state index is 6.38. The van der Waals surface area contributed by atoms with Crippen LogP contribution in [0.4, 0.5) is 0 Å². The molecule has 0 saturated heterocycles. The van der Waals surface area contributed by atoms with Crippen LogP contribution in [0.5, 0.6) is 0 Å². The molecule has 0 saturated carbocycles. The third kappa shape index (κ3) is 4.03. The molecular formula is C18H19BrCl2. The molecule has 21 heavy (non-hydrogen) atoms. The summed E-state index contributed by atoms with van der Waals surface area (Å²) in [6.45, 7) is 4.50. The van der Waals surface area contributed by atoms with E-state index in [9.17, 15) is 0 Å². The first-order chi connectivity index (χ1) is 10.0. The van der Waals surface area contributed by atoms with Crippen LogP contribution in [0.25, 0.3) is 0 Å². The average Bonchev–Trinajstić information content (AvgIpc) is 2.50. The topological polar surface area (TPSA) is 0 Å². The third-order valence-corrected chi connectivity index (χ3v) is 5.65. The molecule has 3 atom stereocenters. The summed E-state index contributed by atoms with van der Waals surface area (Å²) in [7, 11) is 0. The number of hydrogen-bond acceptors (Lipinski definition) is 0. The van der Waals surface area contributed by atoms with Crippen LogP contribution in [0.2, 0.25) is 10.0 Å². The summed E-state index contributed by atoms with van der Waals surface area (Å²) in [4.78, 5) is 0.140. The second-order valence-electron chi connectivity index (χ2n) is 5.39. The van der Waals surface area contributed by atoms with Crippen LogP contribution in [0.15, 0.2) is 48.5 Å². The highest BCUT2D eigenvalue weighted by atomic mass is 79.9. The molecule has 0 fully saturated rings. The molecule has 0 radical (unpaired) electrons. The number of benzene rings is 2. The quantitative estimate of drug-likeness (QED) is 0.475. The van der Waals surface area contributed by atoms with E-state index < -0.39 is 0 Å². The predicted octanol–water partition coefficient (Wildman–Crippen LogP) is 7.26. The van der Waals surface area contributed by atoms with Gasteiger partial charge in [-0.05, 0) is 35.2 Å². The van der Waals surface area contributed by atoms with Crippen LogP contribution in [0, 0.1) is 5.92 Å². The fourth-order valence-corrected chi connectivity index (χ4v) is 4.39. The van der Waals surface area contributed by atoms with Gasteiger partial charge < -0.3 is 0 Å². The molecule has 0 amide bonds. The first kappa shape index (κ1) is 16.9. The summed E-state index contributed by atoms with van der Waals surface area (Å²) in [5.74, 6) is 0.888. The zero-order chi connectivity index (χ0) is 15.4. The SMILES string of the molecule is CCC(C)C(c1ccccc1)C(Br)c1cc(Cl)ccc1Cl. The van der Waals surface area contributed by atoms with Gasteiger partial charge in [0.1, 0.15) is 0 Å². The summed E-state index contributed by atoms with van der Waals surface area (Å²) in [5.41, 5.74) is 2.38. The van der Waals surface area contributed by atoms with Crippen LogP contribution >= 0.6 is 39.1 Å². The van der Waals surface area contributed by atoms with E-state index in [2.05, 4.69) is 54.0 Å². The van der Waals surface area contributed by atoms with Crippen molar-refractivity contribution >= 4 is 39.1 Å². The summed E-state index contributed by atoms with van der Waals surface area (Å²) in [5, 5.41) is 1.47. The van der Waals surface area contributed by atoms with Crippen molar-refractivity contribution in [3.63, 3.8) is 0 Å². The maximum Gasteiger partial charge on any atom is 0.0481 e. The van der Waals surface area contributed by atoms with E-state index in [1.807, 2.05) is 24.3 Å². The van der Waals surface area contributed by atoms with E-state index in [-0.39, 0.29) is 4.83 Å². The summed E-state index contributed by atoms with van der Waals surface area (Å²) >= 11 is 16.4. The number of alkyl halides is 1. The van der Waals surface area contributed by atoms with Crippen LogP contribution in [-0.4, -0.2) is 0 Å². The zero-order valence-electron chi connectivity index (χ0n) is 12.2. The summed E-state index contributed by atoms with van der Waals surface area (Å²) in [6, 6.07) is 16.2. The fraction of sp³-hybridized carbons (Fsp3) is 0.333. The van der Waals surface area contributed by atoms with E-state index in [1.54, 1.807) is 0 Å². The highest BCUT2D eigenvalue weighted by Gasteiger charge is 2.28. The summed E-state index contributed by atoms with van der Waals surface area (Å²) in [6.07, 6.45) is 1.11. The van der Waals surface area contributed by atoms with Gasteiger partial charge in [0.2, 0.25) is 0 Å². The van der Waals surface area contributed by atoms with Crippen molar-refractivity contribution in [3.8, 4) is 0 Å². The molecule has 0 aliphatic heterocycles. The fourth-order valence-electron chi connectivity index (χ4n) is 2.63. The van der Waals surface area contributed by atoms with E-state index in [1.165, 1.54) is 5.56 Å². The molecule has 0 aromatic heterocycles. The Bertz CT molecular complexity index is 583. The van der Waals surface area contributed by atoms with Crippen molar-refractivity contribution in [2.45, 2.75) is 31.0 Å². The van der Waals surface area contributed by atoms with Crippen molar-refractivity contribution in [3.05, 3.63) is 69.7 Å². The molecular weight excluding hydrogens is 367 g/mol. The molecule has 0 spiro atoms. The van der Waals surface area contributed by atoms with Gasteiger partial charge >= 0.3 is 0 Å². The molecule has 2 rings (SSSR count). The van der Waals surface area contributed by atoms with E-state index in [4.69, 9.17) is 23.2 Å². The first-order valence-electron chi connectivity index (χ1n) is 7.18. The molecule has 0 aliphatic carbocycles. The van der Waals surface area contributed by atoms with E-state index >= 15 is 0 Å². The van der Waals surface area contributed by atoms with Gasteiger partial charge in [-0.1, -0.05) is 89.7 Å². The minimum absolute atomic E-state index is 0.140. The van der Waals surface area contributed by atoms with Gasteiger partial charge in [0, 0.05) is 20.8 Å². The molecule has 0 heterocycles. The highest BCUT2D eigenvalue weighted by molar-refractivity contribution is 9.09. The number of halogens is 3. The molecule has 0 aliphatic rings. The smallest absolute Gasteiger partial charge is 0.0481 e. The zero-order valence-corrected chi connectivity index (χ0v) is 15.3. The molecule has 0 bridgehead atoms. The van der Waals surface area contributed by atoms with E-state index in [0.29, 0.717) is 11.8 Å². The molecule has 2 aromatic carbocycles. The van der Waals surface area contributed by atoms with Crippen LogP contribution in [0.3, 0.4) is 0 Å². The van der Waals surface area contributed by atoms with Crippen LogP contribution in [-0.2, 0) is 0 Å². The molecule has 3 unspecified atom stereocenters. The molecule has 2 aromatic rings. The lowest BCUT2D eigenvalue weighted by Gasteiger charge is -2.29. The number of rotatable bonds is 5. The molecule has 112 valence electrons. The highest BCUT2D eigenvalue weighted by Crippen LogP contribution is 2.46. The second kappa shape index (κ2) is 7.67. The Morgan fingerprint density at radius 3 is 2.33 bits per heavy atom. The monoisotopic (exact) mass is 384 g/mol. The predicted molar refractivity (Wildman–Crippen MR) is 96.8 cm³/mol. The van der Waals surface area contributed by atoms with Gasteiger partial charge in [0.05, 0.1) is 0 Å². The van der Waals surface area contributed by atoms with Gasteiger partial charge in [-0.2, -0.15) is 0 Å². The third-order valence-electron chi connectivity index (χ3n) is 4.01. The first-order valence-corrected chi connectivity index (χ1v) is 8.85. The van der Waals surface area contributed by atoms with Crippen LogP contribution < -0.4 is 0 Å². The van der Waals surface area contributed by atoms with Gasteiger partial charge in [0.25, 0.3) is 0 Å². The van der Waals surface area contributed by atoms with Gasteiger partial charge in [-0.15, -0.1) is 0 Å².